The average molecular weight is 896 g/mol. The summed E-state index contributed by atoms with van der Waals surface area (Å²) >= 11 is 0. The molecule has 1 unspecified atom stereocenters. The van der Waals surface area contributed by atoms with E-state index in [1.54, 1.807) is 42.9 Å². The lowest BCUT2D eigenvalue weighted by Crippen LogP contribution is -2.24. The smallest absolute Gasteiger partial charge is 0.276 e. The van der Waals surface area contributed by atoms with Gasteiger partial charge in [-0.2, -0.15) is 0 Å². The molecule has 1 atom stereocenters. The van der Waals surface area contributed by atoms with Gasteiger partial charge in [0.1, 0.15) is 40.6 Å². The van der Waals surface area contributed by atoms with Gasteiger partial charge in [-0.3, -0.25) is 39.8 Å². The van der Waals surface area contributed by atoms with Gasteiger partial charge in [0.25, 0.3) is 11.8 Å². The molecule has 0 fully saturated rings. The first-order valence-corrected chi connectivity index (χ1v) is 21.6. The Morgan fingerprint density at radius 2 is 1.18 bits per heavy atom. The van der Waals surface area contributed by atoms with Crippen LogP contribution >= 0.6 is 0 Å². The number of carbonyl (C=O) groups excluding carboxylic acids is 4. The molecular formula is C46H65N13O6. The number of hydrogen-bond donors (Lipinski definition) is 7. The molecule has 2 heterocycles. The van der Waals surface area contributed by atoms with E-state index in [0.717, 1.165) is 19.3 Å². The zero-order valence-corrected chi connectivity index (χ0v) is 38.7. The zero-order chi connectivity index (χ0) is 48.2. The van der Waals surface area contributed by atoms with Crippen molar-refractivity contribution in [1.29, 1.82) is 0 Å². The number of nitrogens with one attached hydrogen (secondary N) is 2. The number of anilines is 2. The molecule has 19 heteroatoms. The molecule has 350 valence electrons. The van der Waals surface area contributed by atoms with Crippen molar-refractivity contribution in [3.05, 3.63) is 83.2 Å². The molecule has 19 nitrogen and oxygen atoms in total. The minimum Gasteiger partial charge on any atom is -0.494 e. The standard InChI is InChI=1S/C44H59N13O6.C2H6/c1-7-28(15-16-45)14-10-13-19-63-36-25-30(40(49)59)23-32-38(36)57(44(53-32)55-42(61)34(51-9-3)21-27(5)47)18-12-11-17-56-37-31(22-29(39(48)58)24-35(37)62-6)52-43(56)54-41(60)33(50-8-2)20-26(4)46;1-2/h10-13,20-25,28H,7-9,14-19,45-47H2,1-6H3,(H2,48,58)(H2,49,59)(H,52,54,60)(H,53,55,61);1-2H3/b12-11+,13-10+,26-20-,27-21-,50-33?,51-34?;. The molecule has 0 aliphatic heterocycles. The van der Waals surface area contributed by atoms with Gasteiger partial charge in [0, 0.05) is 48.7 Å². The molecule has 0 saturated carbocycles. The molecule has 12 N–H and O–H groups in total. The Bertz CT molecular complexity index is 2500. The lowest BCUT2D eigenvalue weighted by Gasteiger charge is -2.13. The maximum absolute atomic E-state index is 13.7. The highest BCUT2D eigenvalue weighted by Gasteiger charge is 2.23. The Hall–Kier alpha value is -7.28. The van der Waals surface area contributed by atoms with Gasteiger partial charge in [0.15, 0.2) is 0 Å². The van der Waals surface area contributed by atoms with E-state index in [-0.39, 0.29) is 59.9 Å². The normalized spacial score (nSPS) is 13.0. The molecule has 0 aliphatic rings. The highest BCUT2D eigenvalue weighted by molar-refractivity contribution is 6.47. The molecule has 2 aromatic heterocycles. The molecule has 2 aromatic carbocycles. The number of benzene rings is 2. The summed E-state index contributed by atoms with van der Waals surface area (Å²) in [5.74, 6) is -1.25. The number of amides is 4. The molecule has 0 radical (unpaired) electrons. The highest BCUT2D eigenvalue weighted by Crippen LogP contribution is 2.33. The van der Waals surface area contributed by atoms with Crippen LogP contribution in [0.3, 0.4) is 0 Å². The van der Waals surface area contributed by atoms with Crippen LogP contribution in [0.2, 0.25) is 0 Å². The third-order valence-electron chi connectivity index (χ3n) is 9.57. The van der Waals surface area contributed by atoms with Crippen molar-refractivity contribution in [2.24, 2.45) is 44.6 Å². The number of nitrogens with two attached hydrogens (primary N) is 5. The van der Waals surface area contributed by atoms with E-state index in [1.807, 2.05) is 32.1 Å². The molecule has 65 heavy (non-hydrogen) atoms. The summed E-state index contributed by atoms with van der Waals surface area (Å²) in [4.78, 5) is 69.9. The van der Waals surface area contributed by atoms with E-state index < -0.39 is 23.6 Å². The Morgan fingerprint density at radius 1 is 0.723 bits per heavy atom. The minimum atomic E-state index is -0.693. The first-order chi connectivity index (χ1) is 31.1. The van der Waals surface area contributed by atoms with E-state index in [9.17, 15) is 19.2 Å². The fraction of sp³-hybridized carbons (Fsp3) is 0.391. The Morgan fingerprint density at radius 3 is 1.58 bits per heavy atom. The predicted molar refractivity (Wildman–Crippen MR) is 259 cm³/mol. The van der Waals surface area contributed by atoms with Crippen LogP contribution in [0.15, 0.2) is 82.1 Å². The number of primary amides is 2. The van der Waals surface area contributed by atoms with Crippen molar-refractivity contribution < 1.29 is 28.7 Å². The van der Waals surface area contributed by atoms with Gasteiger partial charge in [-0.05, 0) is 89.4 Å². The van der Waals surface area contributed by atoms with Crippen molar-refractivity contribution in [2.75, 3.05) is 44.0 Å². The number of nitrogens with zero attached hydrogens (tertiary/aromatic N) is 6. The fourth-order valence-electron chi connectivity index (χ4n) is 6.60. The number of hydrogen-bond acceptors (Lipinski definition) is 13. The van der Waals surface area contributed by atoms with E-state index in [2.05, 4.69) is 32.5 Å². The molecule has 4 rings (SSSR count). The van der Waals surface area contributed by atoms with E-state index >= 15 is 0 Å². The summed E-state index contributed by atoms with van der Waals surface area (Å²) in [5, 5.41) is 5.68. The van der Waals surface area contributed by atoms with Crippen molar-refractivity contribution in [3.8, 4) is 11.5 Å². The summed E-state index contributed by atoms with van der Waals surface area (Å²) in [5.41, 5.74) is 31.8. The van der Waals surface area contributed by atoms with Crippen LogP contribution in [0.5, 0.6) is 11.5 Å². The fourth-order valence-corrected chi connectivity index (χ4v) is 6.60. The summed E-state index contributed by atoms with van der Waals surface area (Å²) < 4.78 is 15.4. The van der Waals surface area contributed by atoms with Crippen LogP contribution in [0.1, 0.15) is 88.4 Å². The molecule has 0 saturated heterocycles. The number of allylic oxidation sites excluding steroid dienone is 5. The zero-order valence-electron chi connectivity index (χ0n) is 38.7. The second kappa shape index (κ2) is 25.7. The third kappa shape index (κ3) is 14.4. The lowest BCUT2D eigenvalue weighted by molar-refractivity contribution is -0.111. The summed E-state index contributed by atoms with van der Waals surface area (Å²) in [6.45, 7) is 14.6. The predicted octanol–water partition coefficient (Wildman–Crippen LogP) is 5.10. The SMILES string of the molecule is CC.CCN=C(/C=C(/C)N)C(=O)Nc1nc2cc(C(N)=O)cc(OC)c2n1C/C=C/Cn1c(NC(=O)C(/C=C(/C)N)=NCC)nc2cc(C(N)=O)cc(OC/C=C/CC(CC)CCN)c21. The largest absolute Gasteiger partial charge is 0.494 e. The van der Waals surface area contributed by atoms with Crippen molar-refractivity contribution in [2.45, 2.75) is 80.8 Å². The van der Waals surface area contributed by atoms with Gasteiger partial charge < -0.3 is 47.3 Å². The summed E-state index contributed by atoms with van der Waals surface area (Å²) in [7, 11) is 1.44. The summed E-state index contributed by atoms with van der Waals surface area (Å²) in [6, 6.07) is 6.06. The summed E-state index contributed by atoms with van der Waals surface area (Å²) in [6.07, 6.45) is 13.2. The van der Waals surface area contributed by atoms with Crippen molar-refractivity contribution >= 4 is 69.0 Å². The van der Waals surface area contributed by atoms with Gasteiger partial charge in [0.05, 0.1) is 18.1 Å². The Labute approximate surface area is 380 Å². The van der Waals surface area contributed by atoms with Gasteiger partial charge in [-0.25, -0.2) is 9.97 Å². The molecular weight excluding hydrogens is 831 g/mol. The second-order valence-electron chi connectivity index (χ2n) is 14.5. The first kappa shape index (κ1) is 52.1. The number of aromatic nitrogens is 4. The van der Waals surface area contributed by atoms with Crippen molar-refractivity contribution in [3.63, 3.8) is 0 Å². The Kier molecular flexibility index (Phi) is 20.6. The van der Waals surface area contributed by atoms with Gasteiger partial charge in [-0.15, -0.1) is 0 Å². The molecule has 0 spiro atoms. The number of rotatable bonds is 23. The van der Waals surface area contributed by atoms with E-state index in [1.165, 1.54) is 43.5 Å². The van der Waals surface area contributed by atoms with Crippen LogP contribution < -0.4 is 48.8 Å². The number of fused-ring (bicyclic) bond motifs is 2. The number of methoxy groups -OCH3 is 1. The molecule has 0 bridgehead atoms. The van der Waals surface area contributed by atoms with Crippen LogP contribution in [-0.2, 0) is 22.7 Å². The van der Waals surface area contributed by atoms with E-state index in [4.69, 9.17) is 43.1 Å². The first-order valence-electron chi connectivity index (χ1n) is 21.6. The highest BCUT2D eigenvalue weighted by atomic mass is 16.5. The molecule has 0 aliphatic carbocycles. The van der Waals surface area contributed by atoms with Gasteiger partial charge in [-0.1, -0.05) is 51.5 Å². The average Bonchev–Trinajstić information content (AvgIpc) is 3.80. The minimum absolute atomic E-state index is 0.0883. The van der Waals surface area contributed by atoms with Crippen LogP contribution in [-0.4, -0.2) is 87.5 Å². The number of aliphatic imine (C=N–C) groups is 2. The van der Waals surface area contributed by atoms with Crippen molar-refractivity contribution in [1.82, 2.24) is 19.1 Å². The Balaban J connectivity index is 0.00000553. The maximum Gasteiger partial charge on any atom is 0.276 e. The quantitative estimate of drug-likeness (QED) is 0.0380. The number of imidazole rings is 2. The van der Waals surface area contributed by atoms with E-state index in [0.29, 0.717) is 64.8 Å². The molecule has 4 aromatic rings. The monoisotopic (exact) mass is 896 g/mol. The van der Waals surface area contributed by atoms with Crippen LogP contribution in [0.25, 0.3) is 22.1 Å². The topological polar surface area (TPSA) is 301 Å². The van der Waals surface area contributed by atoms with Gasteiger partial charge in [0.2, 0.25) is 23.7 Å². The number of carbonyl (C=O) groups is 4. The van der Waals surface area contributed by atoms with Gasteiger partial charge >= 0.3 is 0 Å². The third-order valence-corrected chi connectivity index (χ3v) is 9.57. The maximum atomic E-state index is 13.7. The second-order valence-corrected chi connectivity index (χ2v) is 14.5. The number of ether oxygens (including phenoxy) is 2. The van der Waals surface area contributed by atoms with Crippen LogP contribution in [0, 0.1) is 5.92 Å². The van der Waals surface area contributed by atoms with Crippen LogP contribution in [0.4, 0.5) is 11.9 Å². The molecule has 4 amide bonds. The lowest BCUT2D eigenvalue weighted by atomic mass is 9.98.